The van der Waals surface area contributed by atoms with Crippen LogP contribution in [0.15, 0.2) is 151 Å². The van der Waals surface area contributed by atoms with Gasteiger partial charge in [0.05, 0.1) is 5.69 Å². The Morgan fingerprint density at radius 2 is 1.00 bits per heavy atom. The number of nitrogens with zero attached hydrogens (tertiary/aromatic N) is 3. The quantitative estimate of drug-likeness (QED) is 0.169. The number of rotatable bonds is 5. The van der Waals surface area contributed by atoms with Crippen molar-refractivity contribution in [3.8, 4) is 0 Å². The van der Waals surface area contributed by atoms with Gasteiger partial charge in [-0.15, -0.1) is 0 Å². The lowest BCUT2D eigenvalue weighted by molar-refractivity contribution is 0.716. The first kappa shape index (κ1) is 32.2. The molecule has 1 atom stereocenters. The highest BCUT2D eigenvalue weighted by atomic mass is 15.2. The van der Waals surface area contributed by atoms with Gasteiger partial charge in [0, 0.05) is 45.5 Å². The Morgan fingerprint density at radius 1 is 0.519 bits per heavy atom. The molecule has 2 aliphatic heterocycles. The van der Waals surface area contributed by atoms with E-state index in [1.807, 2.05) is 0 Å². The summed E-state index contributed by atoms with van der Waals surface area (Å²) in [5.41, 5.74) is 21.3. The maximum Gasteiger partial charge on any atom is 0.247 e. The fourth-order valence-corrected chi connectivity index (χ4v) is 8.43. The molecule has 0 N–H and O–H groups in total. The Bertz CT molecular complexity index is 2340. The average Bonchev–Trinajstić information content (AvgIpc) is 3.14. The van der Waals surface area contributed by atoms with Gasteiger partial charge in [0.25, 0.3) is 0 Å². The number of aryl methyl sites for hydroxylation is 5. The smallest absolute Gasteiger partial charge is 0.247 e. The van der Waals surface area contributed by atoms with E-state index in [2.05, 4.69) is 196 Å². The van der Waals surface area contributed by atoms with Gasteiger partial charge in [-0.2, -0.15) is 0 Å². The summed E-state index contributed by atoms with van der Waals surface area (Å²) in [7, 11) is 0. The van der Waals surface area contributed by atoms with Gasteiger partial charge >= 0.3 is 0 Å². The Labute approximate surface area is 309 Å². The molecule has 3 aliphatic rings. The molecule has 0 fully saturated rings. The molecule has 6 aromatic rings. The van der Waals surface area contributed by atoms with E-state index >= 15 is 0 Å². The summed E-state index contributed by atoms with van der Waals surface area (Å²) in [4.78, 5) is 7.50. The van der Waals surface area contributed by atoms with Crippen LogP contribution >= 0.6 is 0 Å². The van der Waals surface area contributed by atoms with Crippen molar-refractivity contribution in [2.75, 3.05) is 14.7 Å². The molecule has 3 nitrogen and oxygen atoms in total. The lowest BCUT2D eigenvalue weighted by Gasteiger charge is -2.46. The van der Waals surface area contributed by atoms with Gasteiger partial charge in [0.15, 0.2) is 0 Å². The summed E-state index contributed by atoms with van der Waals surface area (Å²) in [6.07, 6.45) is 5.83. The van der Waals surface area contributed by atoms with Crippen LogP contribution in [0.1, 0.15) is 41.2 Å². The molecule has 0 spiro atoms. The summed E-state index contributed by atoms with van der Waals surface area (Å²) in [5.74, 6) is 0.463. The molecule has 254 valence electrons. The van der Waals surface area contributed by atoms with E-state index in [1.54, 1.807) is 0 Å². The largest absolute Gasteiger partial charge is 0.312 e. The molecule has 52 heavy (non-hydrogen) atoms. The van der Waals surface area contributed by atoms with Crippen LogP contribution in [0.4, 0.5) is 45.5 Å². The van der Waals surface area contributed by atoms with Crippen LogP contribution in [-0.4, -0.2) is 6.71 Å². The Morgan fingerprint density at radius 3 is 1.56 bits per heavy atom. The number of hydrogen-bond donors (Lipinski definition) is 0. The minimum absolute atomic E-state index is 0.145. The summed E-state index contributed by atoms with van der Waals surface area (Å²) in [6, 6.07) is 48.0. The van der Waals surface area contributed by atoms with Crippen LogP contribution in [0, 0.1) is 40.5 Å². The van der Waals surface area contributed by atoms with Crippen molar-refractivity contribution in [1.29, 1.82) is 0 Å². The first-order valence-corrected chi connectivity index (χ1v) is 18.6. The molecule has 4 heteroatoms. The van der Waals surface area contributed by atoms with Gasteiger partial charge in [0.2, 0.25) is 6.71 Å². The van der Waals surface area contributed by atoms with Gasteiger partial charge in [-0.05, 0) is 131 Å². The molecular weight excluding hydrogens is 629 g/mol. The van der Waals surface area contributed by atoms with Crippen molar-refractivity contribution in [2.45, 2.75) is 48.0 Å². The molecule has 0 radical (unpaired) electrons. The first-order valence-electron chi connectivity index (χ1n) is 18.6. The second-order valence-corrected chi connectivity index (χ2v) is 15.2. The molecule has 6 aromatic carbocycles. The van der Waals surface area contributed by atoms with Gasteiger partial charge in [-0.1, -0.05) is 107 Å². The van der Waals surface area contributed by atoms with Crippen molar-refractivity contribution < 1.29 is 0 Å². The highest BCUT2D eigenvalue weighted by Crippen LogP contribution is 2.49. The number of anilines is 8. The SMILES string of the molecule is Cc1ccc(N2C3=C(CC(C)C=C3)B3c4cc(C)ccc4N(c4ccc(C)cc4)c4cc(N(c5ccc(C)cc5)c5ccc(C)cc5)cc2c43)cc1. The molecule has 0 bridgehead atoms. The van der Waals surface area contributed by atoms with Crippen LogP contribution < -0.4 is 25.6 Å². The lowest BCUT2D eigenvalue weighted by atomic mass is 9.31. The van der Waals surface area contributed by atoms with Gasteiger partial charge in [-0.25, -0.2) is 0 Å². The van der Waals surface area contributed by atoms with Crippen molar-refractivity contribution in [2.24, 2.45) is 5.92 Å². The molecule has 0 saturated carbocycles. The second kappa shape index (κ2) is 12.5. The van der Waals surface area contributed by atoms with E-state index in [0.29, 0.717) is 5.92 Å². The van der Waals surface area contributed by atoms with Crippen molar-refractivity contribution >= 4 is 63.1 Å². The maximum absolute atomic E-state index is 2.55. The van der Waals surface area contributed by atoms with E-state index in [0.717, 1.165) is 23.5 Å². The second-order valence-electron chi connectivity index (χ2n) is 15.2. The minimum atomic E-state index is 0.145. The molecule has 1 unspecified atom stereocenters. The summed E-state index contributed by atoms with van der Waals surface area (Å²) in [6.45, 7) is 13.4. The summed E-state index contributed by atoms with van der Waals surface area (Å²) >= 11 is 0. The van der Waals surface area contributed by atoms with E-state index in [-0.39, 0.29) is 6.71 Å². The van der Waals surface area contributed by atoms with Crippen molar-refractivity contribution in [3.63, 3.8) is 0 Å². The summed E-state index contributed by atoms with van der Waals surface area (Å²) in [5, 5.41) is 0. The van der Waals surface area contributed by atoms with Crippen LogP contribution in [0.3, 0.4) is 0 Å². The van der Waals surface area contributed by atoms with E-state index in [4.69, 9.17) is 0 Å². The molecule has 0 aromatic heterocycles. The minimum Gasteiger partial charge on any atom is -0.312 e. The van der Waals surface area contributed by atoms with Crippen molar-refractivity contribution in [3.05, 3.63) is 179 Å². The fraction of sp³-hybridized carbons (Fsp3) is 0.167. The third kappa shape index (κ3) is 5.37. The standard InChI is InChI=1S/C48H44BN3/c1-31-7-17-37(18-8-31)50(38-19-9-32(2)10-20-38)41-29-46-48-47(30-41)52(40-23-13-34(4)14-24-40)45-26-16-36(6)28-43(45)49(48)42-27-35(5)15-25-44(42)51(46)39-21-11-33(3)12-22-39/h7-27,29-30,36H,28H2,1-6H3. The van der Waals surface area contributed by atoms with Crippen LogP contribution in [0.2, 0.25) is 0 Å². The van der Waals surface area contributed by atoms with Crippen LogP contribution in [0.5, 0.6) is 0 Å². The van der Waals surface area contributed by atoms with Gasteiger partial charge < -0.3 is 14.7 Å². The Kier molecular flexibility index (Phi) is 7.73. The zero-order chi connectivity index (χ0) is 35.7. The van der Waals surface area contributed by atoms with Crippen molar-refractivity contribution in [1.82, 2.24) is 0 Å². The molecule has 9 rings (SSSR count). The van der Waals surface area contributed by atoms with Gasteiger partial charge in [-0.3, -0.25) is 0 Å². The first-order chi connectivity index (χ1) is 25.2. The highest BCUT2D eigenvalue weighted by Gasteiger charge is 2.45. The maximum atomic E-state index is 2.55. The van der Waals surface area contributed by atoms with E-state index in [1.165, 1.54) is 78.3 Å². The molecule has 0 saturated heterocycles. The Balaban J connectivity index is 1.40. The van der Waals surface area contributed by atoms with E-state index in [9.17, 15) is 0 Å². The van der Waals surface area contributed by atoms with E-state index < -0.39 is 0 Å². The zero-order valence-corrected chi connectivity index (χ0v) is 31.0. The predicted molar refractivity (Wildman–Crippen MR) is 223 cm³/mol. The average molecular weight is 674 g/mol. The fourth-order valence-electron chi connectivity index (χ4n) is 8.43. The molecule has 2 heterocycles. The number of hydrogen-bond acceptors (Lipinski definition) is 3. The molecular formula is C48H44BN3. The Hall–Kier alpha value is -5.74. The lowest BCUT2D eigenvalue weighted by Crippen LogP contribution is -2.56. The van der Waals surface area contributed by atoms with Crippen LogP contribution in [0.25, 0.3) is 0 Å². The monoisotopic (exact) mass is 673 g/mol. The highest BCUT2D eigenvalue weighted by molar-refractivity contribution is 6.95. The molecule has 1 aliphatic carbocycles. The summed E-state index contributed by atoms with van der Waals surface area (Å²) < 4.78 is 0. The third-order valence-corrected chi connectivity index (χ3v) is 11.1. The number of benzene rings is 6. The van der Waals surface area contributed by atoms with Crippen LogP contribution in [-0.2, 0) is 0 Å². The zero-order valence-electron chi connectivity index (χ0n) is 31.0. The van der Waals surface area contributed by atoms with Gasteiger partial charge in [0.1, 0.15) is 0 Å². The number of fused-ring (bicyclic) bond motifs is 3. The molecule has 0 amide bonds. The third-order valence-electron chi connectivity index (χ3n) is 11.1. The topological polar surface area (TPSA) is 9.72 Å². The normalized spacial score (nSPS) is 15.7. The predicted octanol–water partition coefficient (Wildman–Crippen LogP) is 11.6. The number of allylic oxidation sites excluding steroid dienone is 3.